The zero-order chi connectivity index (χ0) is 14.2. The number of fused-ring (bicyclic) bond motifs is 2. The van der Waals surface area contributed by atoms with Crippen LogP contribution in [0.25, 0.3) is 0 Å². The van der Waals surface area contributed by atoms with E-state index in [4.69, 9.17) is 9.47 Å². The van der Waals surface area contributed by atoms with Crippen LogP contribution in [0.4, 0.5) is 0 Å². The summed E-state index contributed by atoms with van der Waals surface area (Å²) in [4.78, 5) is 12.4. The topological polar surface area (TPSA) is 59.6 Å². The molecule has 3 atom stereocenters. The van der Waals surface area contributed by atoms with Gasteiger partial charge in [0.2, 0.25) is 12.7 Å². The first-order chi connectivity index (χ1) is 10.3. The van der Waals surface area contributed by atoms with Gasteiger partial charge in [-0.2, -0.15) is 0 Å². The van der Waals surface area contributed by atoms with E-state index in [2.05, 4.69) is 10.6 Å². The van der Waals surface area contributed by atoms with Gasteiger partial charge in [0.25, 0.3) is 0 Å². The molecule has 0 spiro atoms. The highest BCUT2D eigenvalue weighted by Gasteiger charge is 2.42. The molecule has 1 aliphatic carbocycles. The lowest BCUT2D eigenvalue weighted by Gasteiger charge is -2.18. The van der Waals surface area contributed by atoms with E-state index in [1.165, 1.54) is 19.3 Å². The smallest absolute Gasteiger partial charge is 0.237 e. The number of hydrogen-bond donors (Lipinski definition) is 2. The van der Waals surface area contributed by atoms with E-state index in [0.29, 0.717) is 18.4 Å². The van der Waals surface area contributed by atoms with Crippen molar-refractivity contribution in [2.24, 2.45) is 11.8 Å². The number of carbonyl (C=O) groups is 1. The van der Waals surface area contributed by atoms with Gasteiger partial charge in [-0.3, -0.25) is 4.79 Å². The lowest BCUT2D eigenvalue weighted by atomic mass is 9.93. The molecule has 2 heterocycles. The first-order valence-electron chi connectivity index (χ1n) is 7.71. The molecule has 3 aliphatic rings. The normalized spacial score (nSPS) is 29.4. The summed E-state index contributed by atoms with van der Waals surface area (Å²) in [6, 6.07) is 5.76. The van der Waals surface area contributed by atoms with Gasteiger partial charge in [0.15, 0.2) is 11.5 Å². The second-order valence-corrected chi connectivity index (χ2v) is 6.11. The summed E-state index contributed by atoms with van der Waals surface area (Å²) >= 11 is 0. The van der Waals surface area contributed by atoms with Crippen molar-refractivity contribution in [2.75, 3.05) is 13.3 Å². The van der Waals surface area contributed by atoms with Crippen molar-refractivity contribution >= 4 is 5.91 Å². The quantitative estimate of drug-likeness (QED) is 0.883. The predicted molar refractivity (Wildman–Crippen MR) is 77.0 cm³/mol. The Morgan fingerprint density at radius 2 is 2.29 bits per heavy atom. The molecule has 3 unspecified atom stereocenters. The predicted octanol–water partition coefficient (Wildman–Crippen LogP) is 1.42. The molecule has 1 saturated heterocycles. The van der Waals surface area contributed by atoms with E-state index in [1.807, 2.05) is 18.2 Å². The van der Waals surface area contributed by atoms with Crippen LogP contribution in [0.15, 0.2) is 18.2 Å². The summed E-state index contributed by atoms with van der Waals surface area (Å²) in [6.45, 7) is 1.73. The summed E-state index contributed by atoms with van der Waals surface area (Å²) in [5.74, 6) is 2.85. The number of hydrogen-bond acceptors (Lipinski definition) is 4. The summed E-state index contributed by atoms with van der Waals surface area (Å²) in [5, 5.41) is 6.43. The number of carbonyl (C=O) groups excluding carboxylic acids is 1. The highest BCUT2D eigenvalue weighted by molar-refractivity contribution is 5.82. The molecule has 2 aliphatic heterocycles. The van der Waals surface area contributed by atoms with E-state index >= 15 is 0 Å². The molecule has 4 rings (SSSR count). The van der Waals surface area contributed by atoms with Gasteiger partial charge in [-0.25, -0.2) is 0 Å². The number of rotatable bonds is 3. The number of nitrogens with one attached hydrogen (secondary N) is 2. The van der Waals surface area contributed by atoms with E-state index in [-0.39, 0.29) is 18.7 Å². The van der Waals surface area contributed by atoms with Gasteiger partial charge in [-0.05, 0) is 37.3 Å². The van der Waals surface area contributed by atoms with Crippen LogP contribution in [0, 0.1) is 11.8 Å². The minimum Gasteiger partial charge on any atom is -0.454 e. The van der Waals surface area contributed by atoms with Gasteiger partial charge >= 0.3 is 0 Å². The molecule has 2 N–H and O–H groups in total. The minimum atomic E-state index is -0.0218. The van der Waals surface area contributed by atoms with Crippen molar-refractivity contribution < 1.29 is 14.3 Å². The van der Waals surface area contributed by atoms with Crippen molar-refractivity contribution in [1.29, 1.82) is 0 Å². The largest absolute Gasteiger partial charge is 0.454 e. The second kappa shape index (κ2) is 5.22. The number of para-hydroxylation sites is 1. The van der Waals surface area contributed by atoms with Crippen molar-refractivity contribution in [3.63, 3.8) is 0 Å². The van der Waals surface area contributed by atoms with E-state index in [1.54, 1.807) is 0 Å². The third-order valence-electron chi connectivity index (χ3n) is 4.96. The Bertz CT molecular complexity index is 560. The Hall–Kier alpha value is -1.75. The average Bonchev–Trinajstić information content (AvgIpc) is 3.19. The SMILES string of the molecule is O=C(NCc1cccc2c1OCO2)C1NCC2CCCC21. The zero-order valence-electron chi connectivity index (χ0n) is 11.9. The molecule has 5 heteroatoms. The lowest BCUT2D eigenvalue weighted by molar-refractivity contribution is -0.123. The third-order valence-corrected chi connectivity index (χ3v) is 4.96. The molecule has 1 saturated carbocycles. The van der Waals surface area contributed by atoms with Crippen LogP contribution < -0.4 is 20.1 Å². The van der Waals surface area contributed by atoms with Gasteiger partial charge < -0.3 is 20.1 Å². The van der Waals surface area contributed by atoms with E-state index < -0.39 is 0 Å². The van der Waals surface area contributed by atoms with Crippen LogP contribution in [0.5, 0.6) is 11.5 Å². The zero-order valence-corrected chi connectivity index (χ0v) is 11.9. The van der Waals surface area contributed by atoms with Crippen molar-refractivity contribution in [3.05, 3.63) is 23.8 Å². The van der Waals surface area contributed by atoms with Crippen molar-refractivity contribution in [3.8, 4) is 11.5 Å². The molecular formula is C16H20N2O3. The maximum atomic E-state index is 12.4. The average molecular weight is 288 g/mol. The van der Waals surface area contributed by atoms with Crippen LogP contribution in [0.2, 0.25) is 0 Å². The van der Waals surface area contributed by atoms with Crippen molar-refractivity contribution in [2.45, 2.75) is 31.8 Å². The maximum absolute atomic E-state index is 12.4. The molecule has 21 heavy (non-hydrogen) atoms. The summed E-state index contributed by atoms with van der Waals surface area (Å²) < 4.78 is 10.8. The standard InChI is InChI=1S/C16H20N2O3/c19-16(14-12-5-1-3-10(12)7-17-14)18-8-11-4-2-6-13-15(11)21-9-20-13/h2,4,6,10,12,14,17H,1,3,5,7-9H2,(H,18,19). The summed E-state index contributed by atoms with van der Waals surface area (Å²) in [6.07, 6.45) is 3.70. The van der Waals surface area contributed by atoms with Crippen LogP contribution in [-0.4, -0.2) is 25.3 Å². The van der Waals surface area contributed by atoms with Gasteiger partial charge in [-0.1, -0.05) is 18.6 Å². The van der Waals surface area contributed by atoms with Crippen LogP contribution in [0.1, 0.15) is 24.8 Å². The highest BCUT2D eigenvalue weighted by Crippen LogP contribution is 2.38. The van der Waals surface area contributed by atoms with Gasteiger partial charge in [0.1, 0.15) is 0 Å². The molecule has 1 aromatic rings. The molecule has 0 aromatic heterocycles. The molecule has 112 valence electrons. The van der Waals surface area contributed by atoms with Crippen LogP contribution >= 0.6 is 0 Å². The molecule has 1 aromatic carbocycles. The van der Waals surface area contributed by atoms with Crippen LogP contribution in [0.3, 0.4) is 0 Å². The first kappa shape index (κ1) is 13.0. The summed E-state index contributed by atoms with van der Waals surface area (Å²) in [5.41, 5.74) is 0.972. The fourth-order valence-electron chi connectivity index (χ4n) is 3.90. The number of benzene rings is 1. The minimum absolute atomic E-state index is 0.0218. The number of amides is 1. The maximum Gasteiger partial charge on any atom is 0.237 e. The molecule has 2 fully saturated rings. The molecule has 1 amide bonds. The lowest BCUT2D eigenvalue weighted by Crippen LogP contribution is -2.43. The Kier molecular flexibility index (Phi) is 3.22. The van der Waals surface area contributed by atoms with Gasteiger partial charge in [-0.15, -0.1) is 0 Å². The molecule has 0 bridgehead atoms. The van der Waals surface area contributed by atoms with E-state index in [9.17, 15) is 4.79 Å². The highest BCUT2D eigenvalue weighted by atomic mass is 16.7. The van der Waals surface area contributed by atoms with Crippen LogP contribution in [-0.2, 0) is 11.3 Å². The Labute approximate surface area is 124 Å². The second-order valence-electron chi connectivity index (χ2n) is 6.11. The third kappa shape index (κ3) is 2.25. The van der Waals surface area contributed by atoms with Crippen molar-refractivity contribution in [1.82, 2.24) is 10.6 Å². The Morgan fingerprint density at radius 1 is 1.33 bits per heavy atom. The van der Waals surface area contributed by atoms with Gasteiger partial charge in [0, 0.05) is 12.1 Å². The summed E-state index contributed by atoms with van der Waals surface area (Å²) in [7, 11) is 0. The molecule has 0 radical (unpaired) electrons. The van der Waals surface area contributed by atoms with E-state index in [0.717, 1.165) is 23.6 Å². The number of ether oxygens (including phenoxy) is 2. The monoisotopic (exact) mass is 288 g/mol. The van der Waals surface area contributed by atoms with Gasteiger partial charge in [0.05, 0.1) is 6.04 Å². The molecular weight excluding hydrogens is 268 g/mol. The Balaban J connectivity index is 1.41. The fraction of sp³-hybridized carbons (Fsp3) is 0.562. The first-order valence-corrected chi connectivity index (χ1v) is 7.71. The Morgan fingerprint density at radius 3 is 3.24 bits per heavy atom. The fourth-order valence-corrected chi connectivity index (χ4v) is 3.90. The molecule has 5 nitrogen and oxygen atoms in total.